The number of aromatic nitrogens is 5. The van der Waals surface area contributed by atoms with Gasteiger partial charge in [0.25, 0.3) is 5.91 Å². The zero-order valence-electron chi connectivity index (χ0n) is 16.6. The van der Waals surface area contributed by atoms with Gasteiger partial charge in [-0.3, -0.25) is 9.36 Å². The Hall–Kier alpha value is -3.58. The predicted molar refractivity (Wildman–Crippen MR) is 117 cm³/mol. The number of carbonyl (C=O) groups excluding carboxylic acids is 1. The Morgan fingerprint density at radius 2 is 1.84 bits per heavy atom. The van der Waals surface area contributed by atoms with Gasteiger partial charge in [-0.15, -0.1) is 10.2 Å². The van der Waals surface area contributed by atoms with Gasteiger partial charge in [-0.1, -0.05) is 17.7 Å². The molecule has 5 rings (SSSR count). The van der Waals surface area contributed by atoms with Crippen LogP contribution in [-0.4, -0.2) is 42.1 Å². The van der Waals surface area contributed by atoms with Crippen LogP contribution in [0.5, 0.6) is 0 Å². The number of benzene rings is 2. The smallest absolute Gasteiger partial charge is 0.254 e. The molecule has 1 unspecified atom stereocenters. The zero-order chi connectivity index (χ0) is 21.2. The van der Waals surface area contributed by atoms with Crippen LogP contribution >= 0.6 is 11.6 Å². The minimum Gasteiger partial charge on any atom is -0.330 e. The van der Waals surface area contributed by atoms with Crippen molar-refractivity contribution in [1.82, 2.24) is 29.6 Å². The molecule has 2 aromatic heterocycles. The molecule has 1 saturated heterocycles. The second-order valence-corrected chi connectivity index (χ2v) is 7.82. The minimum atomic E-state index is -0.0832. The molecule has 1 atom stereocenters. The van der Waals surface area contributed by atoms with Gasteiger partial charge in [-0.2, -0.15) is 0 Å². The Kier molecular flexibility index (Phi) is 5.18. The number of likely N-dealkylation sites (tertiary alicyclic amines) is 1. The summed E-state index contributed by atoms with van der Waals surface area (Å²) in [7, 11) is 0. The molecule has 1 aliphatic rings. The maximum atomic E-state index is 13.4. The molecule has 4 aromatic rings. The van der Waals surface area contributed by atoms with E-state index in [4.69, 9.17) is 16.6 Å². The summed E-state index contributed by atoms with van der Waals surface area (Å²) in [6.45, 7) is 0.695. The highest BCUT2D eigenvalue weighted by molar-refractivity contribution is 6.30. The standard InChI is InChI=1S/C23H19ClN6O/c24-18-8-6-16(7-9-18)22-25-11-10-20(28-22)21-5-2-12-30(21)23(31)17-3-1-4-19(13-17)29-14-26-27-15-29/h1,3-4,6-11,13-15,21H,2,5,12H2. The average Bonchev–Trinajstić information content (AvgIpc) is 3.52. The summed E-state index contributed by atoms with van der Waals surface area (Å²) in [6.07, 6.45) is 6.78. The molecule has 0 bridgehead atoms. The number of hydrogen-bond donors (Lipinski definition) is 0. The molecular formula is C23H19ClN6O. The van der Waals surface area contributed by atoms with Crippen molar-refractivity contribution in [2.75, 3.05) is 6.54 Å². The lowest BCUT2D eigenvalue weighted by molar-refractivity contribution is 0.0733. The Bertz CT molecular complexity index is 1210. The first-order valence-corrected chi connectivity index (χ1v) is 10.4. The number of amides is 1. The molecule has 31 heavy (non-hydrogen) atoms. The average molecular weight is 431 g/mol. The largest absolute Gasteiger partial charge is 0.330 e. The first kappa shape index (κ1) is 19.4. The number of halogens is 1. The fraction of sp³-hybridized carbons (Fsp3) is 0.174. The molecule has 1 amide bonds. The predicted octanol–water partition coefficient (Wildman–Crippen LogP) is 4.36. The van der Waals surface area contributed by atoms with E-state index in [9.17, 15) is 4.79 Å². The highest BCUT2D eigenvalue weighted by Gasteiger charge is 2.32. The van der Waals surface area contributed by atoms with Crippen LogP contribution in [0.1, 0.15) is 34.9 Å². The van der Waals surface area contributed by atoms with E-state index in [2.05, 4.69) is 15.2 Å². The summed E-state index contributed by atoms with van der Waals surface area (Å²) in [6, 6.07) is 16.7. The van der Waals surface area contributed by atoms with Crippen LogP contribution in [0.15, 0.2) is 73.4 Å². The van der Waals surface area contributed by atoms with E-state index in [1.807, 2.05) is 59.5 Å². The maximum absolute atomic E-state index is 13.4. The Morgan fingerprint density at radius 3 is 2.65 bits per heavy atom. The van der Waals surface area contributed by atoms with Crippen molar-refractivity contribution in [3.05, 3.63) is 89.7 Å². The number of hydrogen-bond acceptors (Lipinski definition) is 5. The summed E-state index contributed by atoms with van der Waals surface area (Å²) >= 11 is 6.00. The molecule has 3 heterocycles. The summed E-state index contributed by atoms with van der Waals surface area (Å²) in [5.41, 5.74) is 3.22. The number of rotatable bonds is 4. The third-order valence-electron chi connectivity index (χ3n) is 5.44. The van der Waals surface area contributed by atoms with Crippen molar-refractivity contribution in [1.29, 1.82) is 0 Å². The Balaban J connectivity index is 1.43. The zero-order valence-corrected chi connectivity index (χ0v) is 17.4. The van der Waals surface area contributed by atoms with Crippen molar-refractivity contribution in [3.8, 4) is 17.1 Å². The molecule has 0 spiro atoms. The molecule has 7 nitrogen and oxygen atoms in total. The van der Waals surface area contributed by atoms with E-state index in [0.29, 0.717) is 23.0 Å². The number of carbonyl (C=O) groups is 1. The van der Waals surface area contributed by atoms with Gasteiger partial charge in [-0.25, -0.2) is 9.97 Å². The molecule has 154 valence electrons. The molecule has 0 N–H and O–H groups in total. The third-order valence-corrected chi connectivity index (χ3v) is 5.70. The van der Waals surface area contributed by atoms with E-state index >= 15 is 0 Å². The highest BCUT2D eigenvalue weighted by Crippen LogP contribution is 2.33. The molecule has 0 radical (unpaired) electrons. The van der Waals surface area contributed by atoms with Crippen molar-refractivity contribution in [2.45, 2.75) is 18.9 Å². The summed E-state index contributed by atoms with van der Waals surface area (Å²) in [5.74, 6) is 0.618. The number of nitrogens with zero attached hydrogens (tertiary/aromatic N) is 6. The van der Waals surface area contributed by atoms with Gasteiger partial charge in [-0.05, 0) is 61.4 Å². The molecule has 2 aromatic carbocycles. The second kappa shape index (κ2) is 8.28. The van der Waals surface area contributed by atoms with Crippen LogP contribution in [0.3, 0.4) is 0 Å². The fourth-order valence-corrected chi connectivity index (χ4v) is 4.04. The van der Waals surface area contributed by atoms with E-state index in [1.165, 1.54) is 0 Å². The highest BCUT2D eigenvalue weighted by atomic mass is 35.5. The first-order valence-electron chi connectivity index (χ1n) is 10.0. The van der Waals surface area contributed by atoms with E-state index in [-0.39, 0.29) is 11.9 Å². The molecule has 0 saturated carbocycles. The van der Waals surface area contributed by atoms with Crippen molar-refractivity contribution in [2.24, 2.45) is 0 Å². The molecule has 1 aliphatic heterocycles. The monoisotopic (exact) mass is 430 g/mol. The minimum absolute atomic E-state index is 0.0101. The second-order valence-electron chi connectivity index (χ2n) is 7.39. The quantitative estimate of drug-likeness (QED) is 0.481. The topological polar surface area (TPSA) is 76.8 Å². The molecular weight excluding hydrogens is 412 g/mol. The molecule has 1 fully saturated rings. The Morgan fingerprint density at radius 1 is 1.03 bits per heavy atom. The van der Waals surface area contributed by atoms with Crippen LogP contribution in [0, 0.1) is 0 Å². The van der Waals surface area contributed by atoms with Crippen LogP contribution in [0.4, 0.5) is 0 Å². The normalized spacial score (nSPS) is 15.9. The van der Waals surface area contributed by atoms with Gasteiger partial charge >= 0.3 is 0 Å². The SMILES string of the molecule is O=C(c1cccc(-n2cnnc2)c1)N1CCCC1c1ccnc(-c2ccc(Cl)cc2)n1. The Labute approximate surface area is 184 Å². The van der Waals surface area contributed by atoms with Gasteiger partial charge in [0.15, 0.2) is 5.82 Å². The van der Waals surface area contributed by atoms with Crippen LogP contribution in [-0.2, 0) is 0 Å². The van der Waals surface area contributed by atoms with Gasteiger partial charge < -0.3 is 4.90 Å². The summed E-state index contributed by atoms with van der Waals surface area (Å²) in [5, 5.41) is 8.34. The van der Waals surface area contributed by atoms with Gasteiger partial charge in [0.2, 0.25) is 0 Å². The fourth-order valence-electron chi connectivity index (χ4n) is 3.91. The molecule has 0 aliphatic carbocycles. The summed E-state index contributed by atoms with van der Waals surface area (Å²) < 4.78 is 1.78. The maximum Gasteiger partial charge on any atom is 0.254 e. The molecule has 8 heteroatoms. The van der Waals surface area contributed by atoms with E-state index < -0.39 is 0 Å². The van der Waals surface area contributed by atoms with Crippen molar-refractivity contribution < 1.29 is 4.79 Å². The van der Waals surface area contributed by atoms with Crippen LogP contribution in [0.2, 0.25) is 5.02 Å². The first-order chi connectivity index (χ1) is 15.2. The van der Waals surface area contributed by atoms with Gasteiger partial charge in [0.05, 0.1) is 11.7 Å². The van der Waals surface area contributed by atoms with E-state index in [0.717, 1.165) is 29.8 Å². The van der Waals surface area contributed by atoms with Crippen molar-refractivity contribution in [3.63, 3.8) is 0 Å². The lowest BCUT2D eigenvalue weighted by Gasteiger charge is -2.25. The summed E-state index contributed by atoms with van der Waals surface area (Å²) in [4.78, 5) is 24.5. The van der Waals surface area contributed by atoms with Gasteiger partial charge in [0.1, 0.15) is 12.7 Å². The van der Waals surface area contributed by atoms with E-state index in [1.54, 1.807) is 23.4 Å². The van der Waals surface area contributed by atoms with Crippen molar-refractivity contribution >= 4 is 17.5 Å². The third kappa shape index (κ3) is 3.92. The van der Waals surface area contributed by atoms with Crippen LogP contribution < -0.4 is 0 Å². The lowest BCUT2D eigenvalue weighted by Crippen LogP contribution is -2.31. The van der Waals surface area contributed by atoms with Gasteiger partial charge in [0, 0.05) is 34.6 Å². The lowest BCUT2D eigenvalue weighted by atomic mass is 10.1. The van der Waals surface area contributed by atoms with Crippen LogP contribution in [0.25, 0.3) is 17.1 Å².